The molecule has 224 valence electrons. The number of benzene rings is 4. The Labute approximate surface area is 262 Å². The third-order valence-electron chi connectivity index (χ3n) is 7.34. The highest BCUT2D eigenvalue weighted by Crippen LogP contribution is 2.28. The molecule has 1 atom stereocenters. The predicted molar refractivity (Wildman–Crippen MR) is 179 cm³/mol. The molecule has 0 aliphatic carbocycles. The van der Waals surface area contributed by atoms with Crippen molar-refractivity contribution in [2.24, 2.45) is 0 Å². The Morgan fingerprint density at radius 3 is 2.25 bits per heavy atom. The topological polar surface area (TPSA) is 85.2 Å². The lowest BCUT2D eigenvalue weighted by Crippen LogP contribution is -2.42. The molecule has 1 aromatic heterocycles. The second-order valence-corrected chi connectivity index (χ2v) is 11.4. The zero-order chi connectivity index (χ0) is 30.7. The number of thioether (sulfide) groups is 1. The molecule has 0 aliphatic heterocycles. The number of imidazole rings is 1. The van der Waals surface area contributed by atoms with E-state index in [2.05, 4.69) is 68.7 Å². The summed E-state index contributed by atoms with van der Waals surface area (Å²) in [5.41, 5.74) is 7.53. The van der Waals surface area contributed by atoms with Crippen LogP contribution in [0.4, 0.5) is 5.69 Å². The zero-order valence-electron chi connectivity index (χ0n) is 24.9. The molecule has 0 saturated heterocycles. The minimum absolute atomic E-state index is 0.317. The number of carbonyl (C=O) groups excluding carboxylic acids is 2. The van der Waals surface area contributed by atoms with E-state index in [1.165, 1.54) is 23.8 Å². The molecule has 2 N–H and O–H groups in total. The molecular formula is C36H36N4O3S. The Hall–Kier alpha value is -4.82. The Bertz CT molecular complexity index is 1670. The third kappa shape index (κ3) is 7.96. The molecule has 0 unspecified atom stereocenters. The number of rotatable bonds is 13. The number of esters is 1. The molecule has 0 spiro atoms. The van der Waals surface area contributed by atoms with Crippen molar-refractivity contribution in [1.82, 2.24) is 14.9 Å². The van der Waals surface area contributed by atoms with Gasteiger partial charge in [0.05, 0.1) is 25.7 Å². The number of hydrogen-bond donors (Lipinski definition) is 2. The van der Waals surface area contributed by atoms with Crippen LogP contribution in [0, 0.1) is 0 Å². The molecule has 5 aromatic rings. The highest BCUT2D eigenvalue weighted by atomic mass is 32.2. The smallest absolute Gasteiger partial charge is 0.328 e. The molecule has 0 bridgehead atoms. The van der Waals surface area contributed by atoms with Gasteiger partial charge >= 0.3 is 5.97 Å². The van der Waals surface area contributed by atoms with Crippen molar-refractivity contribution in [3.05, 3.63) is 132 Å². The van der Waals surface area contributed by atoms with E-state index in [1.54, 1.807) is 17.8 Å². The van der Waals surface area contributed by atoms with Crippen molar-refractivity contribution in [3.63, 3.8) is 0 Å². The number of methoxy groups -OCH3 is 1. The van der Waals surface area contributed by atoms with Gasteiger partial charge in [0.1, 0.15) is 6.04 Å². The maximum atomic E-state index is 13.4. The van der Waals surface area contributed by atoms with Gasteiger partial charge in [-0.2, -0.15) is 11.8 Å². The van der Waals surface area contributed by atoms with Crippen LogP contribution in [0.3, 0.4) is 0 Å². The molecule has 1 heterocycles. The van der Waals surface area contributed by atoms with Gasteiger partial charge in [0.25, 0.3) is 5.91 Å². The Morgan fingerprint density at radius 1 is 0.886 bits per heavy atom. The number of anilines is 1. The summed E-state index contributed by atoms with van der Waals surface area (Å²) in [4.78, 5) is 30.3. The van der Waals surface area contributed by atoms with Crippen LogP contribution in [0.1, 0.15) is 28.0 Å². The lowest BCUT2D eigenvalue weighted by Gasteiger charge is -2.18. The zero-order valence-corrected chi connectivity index (χ0v) is 25.7. The van der Waals surface area contributed by atoms with Crippen LogP contribution in [0.15, 0.2) is 116 Å². The molecule has 4 aromatic carbocycles. The van der Waals surface area contributed by atoms with Crippen LogP contribution in [-0.2, 0) is 22.6 Å². The summed E-state index contributed by atoms with van der Waals surface area (Å²) < 4.78 is 7.01. The normalized spacial score (nSPS) is 11.5. The number of nitrogens with one attached hydrogen (secondary N) is 2. The van der Waals surface area contributed by atoms with Gasteiger partial charge in [-0.25, -0.2) is 9.78 Å². The first-order valence-electron chi connectivity index (χ1n) is 14.5. The van der Waals surface area contributed by atoms with Crippen LogP contribution in [0.25, 0.3) is 22.3 Å². The van der Waals surface area contributed by atoms with Gasteiger partial charge in [0, 0.05) is 24.0 Å². The van der Waals surface area contributed by atoms with Crippen LogP contribution in [0.2, 0.25) is 0 Å². The summed E-state index contributed by atoms with van der Waals surface area (Å²) in [5, 5.41) is 6.33. The first kappa shape index (κ1) is 30.6. The maximum Gasteiger partial charge on any atom is 0.328 e. The standard InChI is InChI=1S/C36H36N4O3S/c1-43-36(42)34(19-20-44-2)39-35(41)32-18-17-30(21-33(32)29-11-7-4-8-12-29)37-22-31-24-40(25-38-31)23-26-13-15-28(16-14-26)27-9-5-3-6-10-27/h3-18,21,24-25,34,37H,19-20,22-23H2,1-2H3,(H,39,41)/t34-/m0/s1. The first-order chi connectivity index (χ1) is 21.5. The summed E-state index contributed by atoms with van der Waals surface area (Å²) in [7, 11) is 1.34. The number of carbonyl (C=O) groups is 2. The first-order valence-corrected chi connectivity index (χ1v) is 15.9. The van der Waals surface area contributed by atoms with Crippen molar-refractivity contribution in [1.29, 1.82) is 0 Å². The largest absolute Gasteiger partial charge is 0.467 e. The Morgan fingerprint density at radius 2 is 1.57 bits per heavy atom. The van der Waals surface area contributed by atoms with Gasteiger partial charge < -0.3 is 19.9 Å². The molecule has 0 radical (unpaired) electrons. The lowest BCUT2D eigenvalue weighted by molar-refractivity contribution is -0.142. The lowest BCUT2D eigenvalue weighted by atomic mass is 9.98. The number of hydrogen-bond acceptors (Lipinski definition) is 6. The number of ether oxygens (including phenoxy) is 1. The molecule has 44 heavy (non-hydrogen) atoms. The minimum atomic E-state index is -0.710. The fourth-order valence-electron chi connectivity index (χ4n) is 4.99. The molecule has 5 rings (SSSR count). The average Bonchev–Trinajstić information content (AvgIpc) is 3.53. The van der Waals surface area contributed by atoms with Gasteiger partial charge in [-0.15, -0.1) is 0 Å². The molecule has 1 amide bonds. The van der Waals surface area contributed by atoms with Gasteiger partial charge in [-0.1, -0.05) is 84.9 Å². The second kappa shape index (κ2) is 15.1. The van der Waals surface area contributed by atoms with Crippen molar-refractivity contribution < 1.29 is 14.3 Å². The van der Waals surface area contributed by atoms with Crippen molar-refractivity contribution in [2.75, 3.05) is 24.4 Å². The Kier molecular flexibility index (Phi) is 10.5. The summed E-state index contributed by atoms with van der Waals surface area (Å²) in [5.74, 6) is -0.0388. The molecule has 8 heteroatoms. The number of nitrogens with zero attached hydrogens (tertiary/aromatic N) is 2. The molecule has 7 nitrogen and oxygen atoms in total. The van der Waals surface area contributed by atoms with E-state index in [1.807, 2.05) is 67.3 Å². The number of aromatic nitrogens is 2. The van der Waals surface area contributed by atoms with Crippen molar-refractivity contribution in [2.45, 2.75) is 25.6 Å². The van der Waals surface area contributed by atoms with Crippen LogP contribution >= 0.6 is 11.8 Å². The van der Waals surface area contributed by atoms with E-state index in [0.717, 1.165) is 34.8 Å². The highest BCUT2D eigenvalue weighted by molar-refractivity contribution is 7.98. The van der Waals surface area contributed by atoms with Crippen molar-refractivity contribution >= 4 is 29.3 Å². The third-order valence-corrected chi connectivity index (χ3v) is 7.98. The van der Waals surface area contributed by atoms with Crippen molar-refractivity contribution in [3.8, 4) is 22.3 Å². The molecule has 0 saturated carbocycles. The van der Waals surface area contributed by atoms with Crippen LogP contribution in [-0.4, -0.2) is 46.6 Å². The van der Waals surface area contributed by atoms with Crippen LogP contribution < -0.4 is 10.6 Å². The molecule has 0 fully saturated rings. The molecule has 0 aliphatic rings. The minimum Gasteiger partial charge on any atom is -0.467 e. The van der Waals surface area contributed by atoms with E-state index in [0.29, 0.717) is 18.5 Å². The number of amides is 1. The second-order valence-electron chi connectivity index (χ2n) is 10.4. The maximum absolute atomic E-state index is 13.4. The summed E-state index contributed by atoms with van der Waals surface area (Å²) >= 11 is 1.61. The highest BCUT2D eigenvalue weighted by Gasteiger charge is 2.23. The SMILES string of the molecule is COC(=O)[C@H](CCSC)NC(=O)c1ccc(NCc2cn(Cc3ccc(-c4ccccc4)cc3)cn2)cc1-c1ccccc1. The monoisotopic (exact) mass is 604 g/mol. The Balaban J connectivity index is 1.27. The fraction of sp³-hybridized carbons (Fsp3) is 0.194. The van der Waals surface area contributed by atoms with Gasteiger partial charge in [-0.05, 0) is 64.4 Å². The summed E-state index contributed by atoms with van der Waals surface area (Å²) in [6.07, 6.45) is 6.34. The quantitative estimate of drug-likeness (QED) is 0.142. The molecular weight excluding hydrogens is 568 g/mol. The van der Waals surface area contributed by atoms with E-state index < -0.39 is 12.0 Å². The average molecular weight is 605 g/mol. The van der Waals surface area contributed by atoms with Gasteiger partial charge in [-0.3, -0.25) is 4.79 Å². The van der Waals surface area contributed by atoms with Crippen LogP contribution in [0.5, 0.6) is 0 Å². The predicted octanol–water partition coefficient (Wildman–Crippen LogP) is 6.90. The fourth-order valence-corrected chi connectivity index (χ4v) is 5.46. The van der Waals surface area contributed by atoms with Gasteiger partial charge in [0.2, 0.25) is 0 Å². The van der Waals surface area contributed by atoms with E-state index in [4.69, 9.17) is 4.74 Å². The van der Waals surface area contributed by atoms with E-state index in [-0.39, 0.29) is 5.91 Å². The van der Waals surface area contributed by atoms with Gasteiger partial charge in [0.15, 0.2) is 0 Å². The summed E-state index contributed by atoms with van der Waals surface area (Å²) in [6, 6.07) is 33.6. The van der Waals surface area contributed by atoms with E-state index in [9.17, 15) is 9.59 Å². The van der Waals surface area contributed by atoms with E-state index >= 15 is 0 Å². The summed E-state index contributed by atoms with van der Waals surface area (Å²) in [6.45, 7) is 1.26.